The van der Waals surface area contributed by atoms with Crippen molar-refractivity contribution in [3.63, 3.8) is 0 Å². The Balaban J connectivity index is 1.63. The van der Waals surface area contributed by atoms with Gasteiger partial charge in [-0.25, -0.2) is 4.79 Å². The van der Waals surface area contributed by atoms with Gasteiger partial charge in [-0.05, 0) is 72.9 Å². The zero-order valence-electron chi connectivity index (χ0n) is 16.5. The summed E-state index contributed by atoms with van der Waals surface area (Å²) in [4.78, 5) is 12.3. The van der Waals surface area contributed by atoms with Gasteiger partial charge in [-0.2, -0.15) is 0 Å². The van der Waals surface area contributed by atoms with Crippen LogP contribution in [0.3, 0.4) is 0 Å². The summed E-state index contributed by atoms with van der Waals surface area (Å²) in [5.41, 5.74) is 4.12. The van der Waals surface area contributed by atoms with E-state index in [9.17, 15) is 4.79 Å². The number of esters is 1. The van der Waals surface area contributed by atoms with Gasteiger partial charge in [0.05, 0.1) is 12.2 Å². The van der Waals surface area contributed by atoms with Crippen molar-refractivity contribution in [1.29, 1.82) is 0 Å². The first kappa shape index (κ1) is 19.7. The molecule has 0 aromatic heterocycles. The molecule has 0 radical (unpaired) electrons. The maximum Gasteiger partial charge on any atom is 0.343 e. The SMILES string of the molecule is CCCCc1ccc(-c2ccc(OC(=O)c3ccc(OCC)cc3)cc2)cc1. The Morgan fingerprint density at radius 2 is 1.32 bits per heavy atom. The summed E-state index contributed by atoms with van der Waals surface area (Å²) < 4.78 is 10.9. The Morgan fingerprint density at radius 1 is 0.750 bits per heavy atom. The summed E-state index contributed by atoms with van der Waals surface area (Å²) in [5, 5.41) is 0. The lowest BCUT2D eigenvalue weighted by Gasteiger charge is -2.08. The highest BCUT2D eigenvalue weighted by Crippen LogP contribution is 2.24. The van der Waals surface area contributed by atoms with Gasteiger partial charge in [-0.15, -0.1) is 0 Å². The Morgan fingerprint density at radius 3 is 1.89 bits per heavy atom. The van der Waals surface area contributed by atoms with Gasteiger partial charge in [0.1, 0.15) is 11.5 Å². The van der Waals surface area contributed by atoms with E-state index in [2.05, 4.69) is 31.2 Å². The summed E-state index contributed by atoms with van der Waals surface area (Å²) in [5.74, 6) is 0.891. The van der Waals surface area contributed by atoms with Crippen LogP contribution in [0.25, 0.3) is 11.1 Å². The summed E-state index contributed by atoms with van der Waals surface area (Å²) in [6.45, 7) is 4.73. The highest BCUT2D eigenvalue weighted by Gasteiger charge is 2.09. The normalized spacial score (nSPS) is 10.5. The first-order valence-corrected chi connectivity index (χ1v) is 9.84. The van der Waals surface area contributed by atoms with Crippen LogP contribution in [0.15, 0.2) is 72.8 Å². The number of rotatable bonds is 8. The van der Waals surface area contributed by atoms with Crippen molar-refractivity contribution in [2.24, 2.45) is 0 Å². The molecule has 0 aliphatic heterocycles. The maximum absolute atomic E-state index is 12.3. The van der Waals surface area contributed by atoms with E-state index in [1.54, 1.807) is 24.3 Å². The van der Waals surface area contributed by atoms with E-state index >= 15 is 0 Å². The zero-order valence-corrected chi connectivity index (χ0v) is 16.5. The predicted molar refractivity (Wildman–Crippen MR) is 113 cm³/mol. The molecule has 0 heterocycles. The van der Waals surface area contributed by atoms with Gasteiger partial charge < -0.3 is 9.47 Å². The molecule has 0 bridgehead atoms. The van der Waals surface area contributed by atoms with Crippen molar-refractivity contribution < 1.29 is 14.3 Å². The minimum atomic E-state index is -0.379. The van der Waals surface area contributed by atoms with Crippen LogP contribution < -0.4 is 9.47 Å². The Bertz CT molecular complexity index is 879. The Kier molecular flexibility index (Phi) is 6.85. The van der Waals surface area contributed by atoms with Crippen molar-refractivity contribution in [1.82, 2.24) is 0 Å². The summed E-state index contributed by atoms with van der Waals surface area (Å²) in [6.07, 6.45) is 3.55. The lowest BCUT2D eigenvalue weighted by Crippen LogP contribution is -2.08. The molecule has 3 rings (SSSR count). The third-order valence-electron chi connectivity index (χ3n) is 4.57. The summed E-state index contributed by atoms with van der Waals surface area (Å²) in [6, 6.07) is 23.2. The highest BCUT2D eigenvalue weighted by molar-refractivity contribution is 5.91. The van der Waals surface area contributed by atoms with Gasteiger partial charge in [0, 0.05) is 0 Å². The number of unbranched alkanes of at least 4 members (excludes halogenated alkanes) is 1. The molecule has 0 saturated heterocycles. The summed E-state index contributed by atoms with van der Waals surface area (Å²) in [7, 11) is 0. The minimum Gasteiger partial charge on any atom is -0.494 e. The first-order chi connectivity index (χ1) is 13.7. The van der Waals surface area contributed by atoms with E-state index in [1.165, 1.54) is 18.4 Å². The average molecular weight is 374 g/mol. The molecule has 3 aromatic rings. The highest BCUT2D eigenvalue weighted by atomic mass is 16.5. The standard InChI is InChI=1S/C25H26O3/c1-3-5-6-19-7-9-20(10-8-19)21-11-17-24(18-12-21)28-25(26)22-13-15-23(16-14-22)27-4-2/h7-18H,3-6H2,1-2H3. The Labute approximate surface area is 166 Å². The molecule has 0 atom stereocenters. The molecule has 3 heteroatoms. The van der Waals surface area contributed by atoms with E-state index in [0.29, 0.717) is 17.9 Å². The molecule has 0 fully saturated rings. The van der Waals surface area contributed by atoms with Gasteiger partial charge in [0.2, 0.25) is 0 Å². The van der Waals surface area contributed by atoms with Gasteiger partial charge in [-0.3, -0.25) is 0 Å². The molecule has 28 heavy (non-hydrogen) atoms. The number of benzene rings is 3. The van der Waals surface area contributed by atoms with Gasteiger partial charge >= 0.3 is 5.97 Å². The van der Waals surface area contributed by atoms with Gasteiger partial charge in [0.25, 0.3) is 0 Å². The predicted octanol–water partition coefficient (Wildman–Crippen LogP) is 6.31. The first-order valence-electron chi connectivity index (χ1n) is 9.84. The number of carbonyl (C=O) groups is 1. The van der Waals surface area contributed by atoms with Gasteiger partial charge in [-0.1, -0.05) is 49.7 Å². The van der Waals surface area contributed by atoms with E-state index in [4.69, 9.17) is 9.47 Å². The number of hydrogen-bond acceptors (Lipinski definition) is 3. The smallest absolute Gasteiger partial charge is 0.343 e. The van der Waals surface area contributed by atoms with Crippen LogP contribution in [0.4, 0.5) is 0 Å². The molecule has 0 amide bonds. The molecule has 0 aliphatic rings. The second-order valence-electron chi connectivity index (χ2n) is 6.67. The summed E-state index contributed by atoms with van der Waals surface area (Å²) >= 11 is 0. The minimum absolute atomic E-state index is 0.379. The quantitative estimate of drug-likeness (QED) is 0.342. The van der Waals surface area contributed by atoms with Crippen LogP contribution >= 0.6 is 0 Å². The van der Waals surface area contributed by atoms with Crippen LogP contribution in [0, 0.1) is 0 Å². The second kappa shape index (κ2) is 9.75. The van der Waals surface area contributed by atoms with E-state index < -0.39 is 0 Å². The van der Waals surface area contributed by atoms with Crippen molar-refractivity contribution in [2.75, 3.05) is 6.61 Å². The third-order valence-corrected chi connectivity index (χ3v) is 4.57. The maximum atomic E-state index is 12.3. The molecular formula is C25H26O3. The van der Waals surface area contributed by atoms with Crippen LogP contribution in [0.5, 0.6) is 11.5 Å². The molecule has 3 nitrogen and oxygen atoms in total. The molecule has 0 unspecified atom stereocenters. The fourth-order valence-corrected chi connectivity index (χ4v) is 2.98. The number of carbonyl (C=O) groups excluding carboxylic acids is 1. The van der Waals surface area contributed by atoms with Crippen molar-refractivity contribution in [2.45, 2.75) is 33.1 Å². The molecular weight excluding hydrogens is 348 g/mol. The number of hydrogen-bond donors (Lipinski definition) is 0. The van der Waals surface area contributed by atoms with Crippen molar-refractivity contribution >= 4 is 5.97 Å². The second-order valence-corrected chi connectivity index (χ2v) is 6.67. The lowest BCUT2D eigenvalue weighted by atomic mass is 10.0. The fourth-order valence-electron chi connectivity index (χ4n) is 2.98. The Hall–Kier alpha value is -3.07. The number of aryl methyl sites for hydroxylation is 1. The lowest BCUT2D eigenvalue weighted by molar-refractivity contribution is 0.0734. The monoisotopic (exact) mass is 374 g/mol. The molecule has 3 aromatic carbocycles. The number of ether oxygens (including phenoxy) is 2. The van der Waals surface area contributed by atoms with Crippen molar-refractivity contribution in [3.8, 4) is 22.6 Å². The van der Waals surface area contributed by atoms with Gasteiger partial charge in [0.15, 0.2) is 0 Å². The van der Waals surface area contributed by atoms with Crippen LogP contribution in [-0.2, 0) is 6.42 Å². The molecule has 0 N–H and O–H groups in total. The average Bonchev–Trinajstić information content (AvgIpc) is 2.74. The van der Waals surface area contributed by atoms with E-state index in [0.717, 1.165) is 23.3 Å². The van der Waals surface area contributed by atoms with Crippen LogP contribution in [0.1, 0.15) is 42.6 Å². The van der Waals surface area contributed by atoms with E-state index in [-0.39, 0.29) is 5.97 Å². The third kappa shape index (κ3) is 5.23. The van der Waals surface area contributed by atoms with Crippen LogP contribution in [0.2, 0.25) is 0 Å². The molecule has 0 spiro atoms. The zero-order chi connectivity index (χ0) is 19.8. The topological polar surface area (TPSA) is 35.5 Å². The molecule has 0 aliphatic carbocycles. The molecule has 0 saturated carbocycles. The van der Waals surface area contributed by atoms with Crippen molar-refractivity contribution in [3.05, 3.63) is 83.9 Å². The van der Waals surface area contributed by atoms with Crippen LogP contribution in [-0.4, -0.2) is 12.6 Å². The molecule has 144 valence electrons. The largest absolute Gasteiger partial charge is 0.494 e. The fraction of sp³-hybridized carbons (Fsp3) is 0.240. The van der Waals surface area contributed by atoms with E-state index in [1.807, 2.05) is 31.2 Å².